The molecule has 1 aromatic rings. The largest absolute Gasteiger partial charge is 0.329 e. The van der Waals surface area contributed by atoms with Gasteiger partial charge in [-0.25, -0.2) is 4.39 Å². The highest BCUT2D eigenvalue weighted by atomic mass is 19.1. The van der Waals surface area contributed by atoms with E-state index in [1.807, 2.05) is 12.1 Å². The highest BCUT2D eigenvalue weighted by Gasteiger charge is 2.12. The van der Waals surface area contributed by atoms with Gasteiger partial charge in [0.2, 0.25) is 0 Å². The fraction of sp³-hybridized carbons (Fsp3) is 0.647. The van der Waals surface area contributed by atoms with E-state index in [1.54, 1.807) is 0 Å². The van der Waals surface area contributed by atoms with E-state index >= 15 is 0 Å². The van der Waals surface area contributed by atoms with Crippen LogP contribution in [0.3, 0.4) is 0 Å². The summed E-state index contributed by atoms with van der Waals surface area (Å²) < 4.78 is 12.9. The molecule has 1 atom stereocenters. The van der Waals surface area contributed by atoms with E-state index in [0.29, 0.717) is 12.6 Å². The van der Waals surface area contributed by atoms with Gasteiger partial charge < -0.3 is 5.73 Å². The molecule has 0 amide bonds. The average molecular weight is 280 g/mol. The molecular formula is C17H29FN2. The predicted molar refractivity (Wildman–Crippen MR) is 84.1 cm³/mol. The molecule has 1 unspecified atom stereocenters. The molecule has 0 bridgehead atoms. The zero-order chi connectivity index (χ0) is 14.8. The monoisotopic (exact) mass is 280 g/mol. The number of hydrogen-bond donors (Lipinski definition) is 1. The van der Waals surface area contributed by atoms with Crippen molar-refractivity contribution >= 4 is 0 Å². The van der Waals surface area contributed by atoms with E-state index in [2.05, 4.69) is 18.9 Å². The minimum atomic E-state index is -0.178. The summed E-state index contributed by atoms with van der Waals surface area (Å²) in [7, 11) is 2.10. The number of rotatable bonds is 10. The maximum absolute atomic E-state index is 12.9. The van der Waals surface area contributed by atoms with E-state index in [9.17, 15) is 4.39 Å². The van der Waals surface area contributed by atoms with Gasteiger partial charge in [-0.15, -0.1) is 0 Å². The van der Waals surface area contributed by atoms with Crippen LogP contribution in [-0.2, 0) is 6.54 Å². The maximum atomic E-state index is 12.9. The van der Waals surface area contributed by atoms with Gasteiger partial charge in [-0.1, -0.05) is 51.2 Å². The molecule has 0 aliphatic carbocycles. The fourth-order valence-corrected chi connectivity index (χ4v) is 2.51. The maximum Gasteiger partial charge on any atom is 0.123 e. The molecular weight excluding hydrogens is 251 g/mol. The summed E-state index contributed by atoms with van der Waals surface area (Å²) in [5, 5.41) is 0. The van der Waals surface area contributed by atoms with Crippen molar-refractivity contribution in [2.45, 2.75) is 58.0 Å². The van der Waals surface area contributed by atoms with Gasteiger partial charge in [0.15, 0.2) is 0 Å². The zero-order valence-electron chi connectivity index (χ0n) is 12.9. The van der Waals surface area contributed by atoms with Crippen LogP contribution in [0.1, 0.15) is 51.0 Å². The van der Waals surface area contributed by atoms with Crippen LogP contribution < -0.4 is 5.73 Å². The lowest BCUT2D eigenvalue weighted by Crippen LogP contribution is -2.37. The first-order chi connectivity index (χ1) is 9.67. The molecule has 3 heteroatoms. The SMILES string of the molecule is CCCCCCCC(CN)N(C)Cc1ccc(F)cc1. The molecule has 114 valence electrons. The third kappa shape index (κ3) is 6.49. The van der Waals surface area contributed by atoms with Crippen LogP contribution in [0.5, 0.6) is 0 Å². The molecule has 0 aliphatic heterocycles. The predicted octanol–water partition coefficient (Wildman–Crippen LogP) is 3.95. The summed E-state index contributed by atoms with van der Waals surface area (Å²) in [6.07, 6.45) is 7.64. The molecule has 0 heterocycles. The Morgan fingerprint density at radius 3 is 2.35 bits per heavy atom. The Balaban J connectivity index is 2.34. The normalized spacial score (nSPS) is 12.8. The number of unbranched alkanes of at least 4 members (excludes halogenated alkanes) is 4. The van der Waals surface area contributed by atoms with E-state index in [-0.39, 0.29) is 5.82 Å². The van der Waals surface area contributed by atoms with Gasteiger partial charge in [0.1, 0.15) is 5.82 Å². The zero-order valence-corrected chi connectivity index (χ0v) is 12.9. The van der Waals surface area contributed by atoms with Gasteiger partial charge in [0.25, 0.3) is 0 Å². The summed E-state index contributed by atoms with van der Waals surface area (Å²) in [6, 6.07) is 7.15. The number of hydrogen-bond acceptors (Lipinski definition) is 2. The molecule has 0 saturated carbocycles. The van der Waals surface area contributed by atoms with Crippen molar-refractivity contribution < 1.29 is 4.39 Å². The van der Waals surface area contributed by atoms with Crippen molar-refractivity contribution in [1.29, 1.82) is 0 Å². The van der Waals surface area contributed by atoms with Crippen LogP contribution in [-0.4, -0.2) is 24.5 Å². The van der Waals surface area contributed by atoms with Gasteiger partial charge >= 0.3 is 0 Å². The lowest BCUT2D eigenvalue weighted by atomic mass is 10.0. The van der Waals surface area contributed by atoms with Crippen LogP contribution in [0.4, 0.5) is 4.39 Å². The van der Waals surface area contributed by atoms with E-state index in [1.165, 1.54) is 44.2 Å². The Morgan fingerprint density at radius 2 is 1.75 bits per heavy atom. The standard InChI is InChI=1S/C17H29FN2/c1-3-4-5-6-7-8-17(13-19)20(2)14-15-9-11-16(18)12-10-15/h9-12,17H,3-8,13-14,19H2,1-2H3. The second-order valence-electron chi connectivity index (χ2n) is 5.63. The third-order valence-corrected chi connectivity index (χ3v) is 3.88. The molecule has 1 aromatic carbocycles. The smallest absolute Gasteiger partial charge is 0.123 e. The summed E-state index contributed by atoms with van der Waals surface area (Å²) in [6.45, 7) is 3.75. The highest BCUT2D eigenvalue weighted by Crippen LogP contribution is 2.13. The van der Waals surface area contributed by atoms with Crippen LogP contribution in [0, 0.1) is 5.82 Å². The fourth-order valence-electron chi connectivity index (χ4n) is 2.51. The molecule has 0 radical (unpaired) electrons. The van der Waals surface area contributed by atoms with Gasteiger partial charge in [-0.3, -0.25) is 4.90 Å². The molecule has 2 N–H and O–H groups in total. The van der Waals surface area contributed by atoms with Crippen LogP contribution in [0.25, 0.3) is 0 Å². The van der Waals surface area contributed by atoms with Crippen molar-refractivity contribution in [3.63, 3.8) is 0 Å². The third-order valence-electron chi connectivity index (χ3n) is 3.88. The molecule has 0 aliphatic rings. The van der Waals surface area contributed by atoms with Crippen LogP contribution in [0.2, 0.25) is 0 Å². The minimum absolute atomic E-state index is 0.178. The van der Waals surface area contributed by atoms with Gasteiger partial charge in [0, 0.05) is 19.1 Å². The second kappa shape index (κ2) is 9.89. The summed E-state index contributed by atoms with van der Waals surface area (Å²) in [4.78, 5) is 2.28. The van der Waals surface area contributed by atoms with Gasteiger partial charge in [-0.05, 0) is 31.2 Å². The Bertz CT molecular complexity index is 351. The van der Waals surface area contributed by atoms with Crippen molar-refractivity contribution in [2.75, 3.05) is 13.6 Å². The highest BCUT2D eigenvalue weighted by molar-refractivity contribution is 5.15. The molecule has 0 saturated heterocycles. The first-order valence-electron chi connectivity index (χ1n) is 7.82. The van der Waals surface area contributed by atoms with E-state index < -0.39 is 0 Å². The molecule has 0 spiro atoms. The first-order valence-corrected chi connectivity index (χ1v) is 7.82. The number of halogens is 1. The number of likely N-dealkylation sites (N-methyl/N-ethyl adjacent to an activating group) is 1. The quantitative estimate of drug-likeness (QED) is 0.658. The Kier molecular flexibility index (Phi) is 8.47. The molecule has 2 nitrogen and oxygen atoms in total. The van der Waals surface area contributed by atoms with Crippen molar-refractivity contribution in [3.8, 4) is 0 Å². The summed E-state index contributed by atoms with van der Waals surface area (Å²) in [5.74, 6) is -0.178. The lowest BCUT2D eigenvalue weighted by Gasteiger charge is -2.27. The van der Waals surface area contributed by atoms with Crippen molar-refractivity contribution in [2.24, 2.45) is 5.73 Å². The lowest BCUT2D eigenvalue weighted by molar-refractivity contribution is 0.222. The van der Waals surface area contributed by atoms with Crippen molar-refractivity contribution in [1.82, 2.24) is 4.90 Å². The van der Waals surface area contributed by atoms with Gasteiger partial charge in [-0.2, -0.15) is 0 Å². The summed E-state index contributed by atoms with van der Waals surface area (Å²) >= 11 is 0. The van der Waals surface area contributed by atoms with Crippen molar-refractivity contribution in [3.05, 3.63) is 35.6 Å². The van der Waals surface area contributed by atoms with Crippen LogP contribution >= 0.6 is 0 Å². The second-order valence-corrected chi connectivity index (χ2v) is 5.63. The number of nitrogens with zero attached hydrogens (tertiary/aromatic N) is 1. The van der Waals surface area contributed by atoms with E-state index in [4.69, 9.17) is 5.73 Å². The topological polar surface area (TPSA) is 29.3 Å². The Hall–Kier alpha value is -0.930. The minimum Gasteiger partial charge on any atom is -0.329 e. The molecule has 20 heavy (non-hydrogen) atoms. The molecule has 0 aromatic heterocycles. The van der Waals surface area contributed by atoms with E-state index in [0.717, 1.165) is 18.5 Å². The average Bonchev–Trinajstić information content (AvgIpc) is 2.45. The summed E-state index contributed by atoms with van der Waals surface area (Å²) in [5.41, 5.74) is 7.03. The number of nitrogens with two attached hydrogens (primary N) is 1. The Labute approximate surface area is 123 Å². The molecule has 0 fully saturated rings. The van der Waals surface area contributed by atoms with Gasteiger partial charge in [0.05, 0.1) is 0 Å². The first kappa shape index (κ1) is 17.1. The Morgan fingerprint density at radius 1 is 1.10 bits per heavy atom. The molecule has 1 rings (SSSR count). The van der Waals surface area contributed by atoms with Crippen LogP contribution in [0.15, 0.2) is 24.3 Å². The number of benzene rings is 1.